The van der Waals surface area contributed by atoms with Crippen LogP contribution in [0.1, 0.15) is 45.4 Å². The molecule has 1 rings (SSSR count). The molecule has 2 atom stereocenters. The summed E-state index contributed by atoms with van der Waals surface area (Å²) < 4.78 is 0. The van der Waals surface area contributed by atoms with E-state index in [9.17, 15) is 0 Å². The molecule has 1 fully saturated rings. The first-order valence-corrected chi connectivity index (χ1v) is 4.95. The minimum Gasteiger partial charge on any atom is -0.103 e. The summed E-state index contributed by atoms with van der Waals surface area (Å²) in [6.07, 6.45) is 10.5. The summed E-state index contributed by atoms with van der Waals surface area (Å²) in [4.78, 5) is 0. The van der Waals surface area contributed by atoms with Gasteiger partial charge < -0.3 is 0 Å². The number of allylic oxidation sites excluding steroid dienone is 1. The third kappa shape index (κ3) is 2.69. The molecule has 64 valence electrons. The minimum absolute atomic E-state index is 1.000. The van der Waals surface area contributed by atoms with Gasteiger partial charge in [-0.3, -0.25) is 0 Å². The summed E-state index contributed by atoms with van der Waals surface area (Å²) in [6.45, 7) is 6.15. The first kappa shape index (κ1) is 8.83. The van der Waals surface area contributed by atoms with E-state index in [-0.39, 0.29) is 0 Å². The summed E-state index contributed by atoms with van der Waals surface area (Å²) in [5.41, 5.74) is 0. The predicted octanol–water partition coefficient (Wildman–Crippen LogP) is 3.78. The van der Waals surface area contributed by atoms with Crippen LogP contribution in [0.25, 0.3) is 0 Å². The summed E-state index contributed by atoms with van der Waals surface area (Å²) in [7, 11) is 0. The molecule has 0 nitrogen and oxygen atoms in total. The van der Waals surface area contributed by atoms with Crippen molar-refractivity contribution >= 4 is 0 Å². The van der Waals surface area contributed by atoms with Gasteiger partial charge in [-0.2, -0.15) is 0 Å². The van der Waals surface area contributed by atoms with Crippen molar-refractivity contribution in [3.63, 3.8) is 0 Å². The van der Waals surface area contributed by atoms with E-state index in [0.717, 1.165) is 11.8 Å². The average Bonchev–Trinajstić information content (AvgIpc) is 2.37. The van der Waals surface area contributed by atoms with Crippen molar-refractivity contribution in [1.82, 2.24) is 0 Å². The molecule has 0 aliphatic heterocycles. The Bertz CT molecular complexity index is 115. The maximum absolute atomic E-state index is 3.74. The van der Waals surface area contributed by atoms with Crippen LogP contribution in [0.5, 0.6) is 0 Å². The summed E-state index contributed by atoms with van der Waals surface area (Å²) in [5.74, 6) is 2.04. The van der Waals surface area contributed by atoms with Crippen molar-refractivity contribution in [2.24, 2.45) is 11.8 Å². The molecular formula is C11H20. The molecule has 0 amide bonds. The molecule has 0 N–H and O–H groups in total. The quantitative estimate of drug-likeness (QED) is 0.425. The molecule has 0 heteroatoms. The zero-order valence-corrected chi connectivity index (χ0v) is 7.68. The van der Waals surface area contributed by atoms with E-state index in [0.29, 0.717) is 0 Å². The van der Waals surface area contributed by atoms with Crippen molar-refractivity contribution in [2.45, 2.75) is 45.4 Å². The third-order valence-electron chi connectivity index (χ3n) is 3.02. The Balaban J connectivity index is 2.10. The molecular weight excluding hydrogens is 132 g/mol. The second-order valence-electron chi connectivity index (χ2n) is 3.89. The largest absolute Gasteiger partial charge is 0.103 e. The van der Waals surface area contributed by atoms with Gasteiger partial charge in [0.15, 0.2) is 0 Å². The third-order valence-corrected chi connectivity index (χ3v) is 3.02. The van der Waals surface area contributed by atoms with Gasteiger partial charge >= 0.3 is 0 Å². The average molecular weight is 152 g/mol. The maximum atomic E-state index is 3.74. The van der Waals surface area contributed by atoms with Crippen LogP contribution in [0.4, 0.5) is 0 Å². The van der Waals surface area contributed by atoms with E-state index in [1.807, 2.05) is 6.08 Å². The van der Waals surface area contributed by atoms with Gasteiger partial charge in [0.1, 0.15) is 0 Å². The zero-order valence-electron chi connectivity index (χ0n) is 7.68. The highest BCUT2D eigenvalue weighted by Gasteiger charge is 2.21. The van der Waals surface area contributed by atoms with Crippen molar-refractivity contribution in [3.8, 4) is 0 Å². The second-order valence-corrected chi connectivity index (χ2v) is 3.89. The van der Waals surface area contributed by atoms with Crippen molar-refractivity contribution in [2.75, 3.05) is 0 Å². The first-order chi connectivity index (χ1) is 5.34. The minimum atomic E-state index is 1.000. The molecule has 0 heterocycles. The summed E-state index contributed by atoms with van der Waals surface area (Å²) in [5, 5.41) is 0. The van der Waals surface area contributed by atoms with Gasteiger partial charge in [0.2, 0.25) is 0 Å². The Hall–Kier alpha value is -0.260. The standard InChI is InChI=1S/C11H20/c1-3-4-5-8-11-9-6-7-10(11)2/h3,10-11H,1,4-9H2,2H3/t10-,11+/m0/s1. The Morgan fingerprint density at radius 3 is 2.82 bits per heavy atom. The van der Waals surface area contributed by atoms with E-state index < -0.39 is 0 Å². The summed E-state index contributed by atoms with van der Waals surface area (Å²) in [6, 6.07) is 0. The van der Waals surface area contributed by atoms with Gasteiger partial charge in [0.05, 0.1) is 0 Å². The van der Waals surface area contributed by atoms with Crippen LogP contribution >= 0.6 is 0 Å². The van der Waals surface area contributed by atoms with Gasteiger partial charge in [0, 0.05) is 0 Å². The fourth-order valence-electron chi connectivity index (χ4n) is 2.18. The maximum Gasteiger partial charge on any atom is -0.0353 e. The van der Waals surface area contributed by atoms with Gasteiger partial charge in [-0.05, 0) is 31.1 Å². The molecule has 0 aromatic carbocycles. The highest BCUT2D eigenvalue weighted by molar-refractivity contribution is 4.75. The van der Waals surface area contributed by atoms with Crippen LogP contribution in [-0.2, 0) is 0 Å². The van der Waals surface area contributed by atoms with Crippen molar-refractivity contribution in [3.05, 3.63) is 12.7 Å². The molecule has 0 radical (unpaired) electrons. The van der Waals surface area contributed by atoms with E-state index >= 15 is 0 Å². The van der Waals surface area contributed by atoms with E-state index in [1.165, 1.54) is 38.5 Å². The molecule has 1 aliphatic carbocycles. The fraction of sp³-hybridized carbons (Fsp3) is 0.818. The molecule has 1 aliphatic rings. The topological polar surface area (TPSA) is 0 Å². The molecule has 0 aromatic rings. The normalized spacial score (nSPS) is 30.6. The molecule has 0 bridgehead atoms. The number of hydrogen-bond donors (Lipinski definition) is 0. The lowest BCUT2D eigenvalue weighted by Crippen LogP contribution is -2.02. The molecule has 0 spiro atoms. The molecule has 1 saturated carbocycles. The Kier molecular flexibility index (Phi) is 3.68. The number of rotatable bonds is 4. The number of unbranched alkanes of at least 4 members (excludes halogenated alkanes) is 1. The van der Waals surface area contributed by atoms with Gasteiger partial charge in [-0.25, -0.2) is 0 Å². The van der Waals surface area contributed by atoms with Crippen LogP contribution in [0.3, 0.4) is 0 Å². The van der Waals surface area contributed by atoms with Crippen LogP contribution in [0, 0.1) is 11.8 Å². The molecule has 11 heavy (non-hydrogen) atoms. The Labute approximate surface area is 70.7 Å². The SMILES string of the molecule is C=CCCC[C@@H]1CCC[C@@H]1C. The second kappa shape index (κ2) is 4.58. The highest BCUT2D eigenvalue weighted by atomic mass is 14.3. The zero-order chi connectivity index (χ0) is 8.10. The fourth-order valence-corrected chi connectivity index (χ4v) is 2.18. The van der Waals surface area contributed by atoms with Crippen LogP contribution < -0.4 is 0 Å². The van der Waals surface area contributed by atoms with Crippen molar-refractivity contribution in [1.29, 1.82) is 0 Å². The lowest BCUT2D eigenvalue weighted by molar-refractivity contribution is 0.383. The van der Waals surface area contributed by atoms with E-state index in [1.54, 1.807) is 0 Å². The lowest BCUT2D eigenvalue weighted by atomic mass is 9.93. The van der Waals surface area contributed by atoms with Gasteiger partial charge in [-0.1, -0.05) is 32.3 Å². The Morgan fingerprint density at radius 1 is 1.45 bits per heavy atom. The van der Waals surface area contributed by atoms with E-state index in [4.69, 9.17) is 0 Å². The first-order valence-electron chi connectivity index (χ1n) is 4.95. The van der Waals surface area contributed by atoms with E-state index in [2.05, 4.69) is 13.5 Å². The molecule has 0 saturated heterocycles. The van der Waals surface area contributed by atoms with Crippen LogP contribution in [-0.4, -0.2) is 0 Å². The summed E-state index contributed by atoms with van der Waals surface area (Å²) >= 11 is 0. The van der Waals surface area contributed by atoms with Crippen molar-refractivity contribution < 1.29 is 0 Å². The predicted molar refractivity (Wildman–Crippen MR) is 50.6 cm³/mol. The van der Waals surface area contributed by atoms with Gasteiger partial charge in [-0.15, -0.1) is 6.58 Å². The smallest absolute Gasteiger partial charge is 0.0353 e. The van der Waals surface area contributed by atoms with Crippen LogP contribution in [0.15, 0.2) is 12.7 Å². The molecule has 0 unspecified atom stereocenters. The highest BCUT2D eigenvalue weighted by Crippen LogP contribution is 2.34. The van der Waals surface area contributed by atoms with Crippen LogP contribution in [0.2, 0.25) is 0 Å². The Morgan fingerprint density at radius 2 is 2.27 bits per heavy atom. The lowest BCUT2D eigenvalue weighted by Gasteiger charge is -2.13. The monoisotopic (exact) mass is 152 g/mol. The number of hydrogen-bond acceptors (Lipinski definition) is 0. The van der Waals surface area contributed by atoms with Gasteiger partial charge in [0.25, 0.3) is 0 Å². The molecule has 0 aromatic heterocycles.